The van der Waals surface area contributed by atoms with Crippen molar-refractivity contribution in [3.05, 3.63) is 29.8 Å². The molecular weight excluding hydrogens is 300 g/mol. The highest BCUT2D eigenvalue weighted by molar-refractivity contribution is 7.89. The lowest BCUT2D eigenvalue weighted by Gasteiger charge is -2.32. The van der Waals surface area contributed by atoms with E-state index >= 15 is 0 Å². The van der Waals surface area contributed by atoms with E-state index in [9.17, 15) is 22.3 Å². The summed E-state index contributed by atoms with van der Waals surface area (Å²) in [5.74, 6) is 0. The van der Waals surface area contributed by atoms with Crippen LogP contribution in [0.2, 0.25) is 0 Å². The van der Waals surface area contributed by atoms with Crippen molar-refractivity contribution in [1.82, 2.24) is 4.31 Å². The smallest absolute Gasteiger partial charge is 0.263 e. The monoisotopic (exact) mass is 317 g/mol. The van der Waals surface area contributed by atoms with Gasteiger partial charge in [-0.05, 0) is 37.8 Å². The lowest BCUT2D eigenvalue weighted by molar-refractivity contribution is 0.134. The second-order valence-corrected chi connectivity index (χ2v) is 7.60. The van der Waals surface area contributed by atoms with Crippen LogP contribution in [0.15, 0.2) is 29.2 Å². The Hall–Kier alpha value is -1.05. The SMILES string of the molecule is O=S(=O)(c1ccc(C(F)F)cc1)N1C2CCC1(CO)CC2. The minimum absolute atomic E-state index is 0.0125. The largest absolute Gasteiger partial charge is 0.394 e. The number of fused-ring (bicyclic) bond motifs is 2. The Bertz CT molecular complexity index is 622. The van der Waals surface area contributed by atoms with Gasteiger partial charge >= 0.3 is 0 Å². The molecule has 1 N–H and O–H groups in total. The molecule has 2 fully saturated rings. The van der Waals surface area contributed by atoms with Gasteiger partial charge in [-0.1, -0.05) is 12.1 Å². The zero-order valence-electron chi connectivity index (χ0n) is 11.4. The van der Waals surface area contributed by atoms with Gasteiger partial charge in [0.15, 0.2) is 0 Å². The highest BCUT2D eigenvalue weighted by atomic mass is 32.2. The van der Waals surface area contributed by atoms with Crippen LogP contribution < -0.4 is 0 Å². The molecule has 0 spiro atoms. The number of aliphatic hydroxyl groups is 1. The average Bonchev–Trinajstić information content (AvgIpc) is 3.04. The molecular formula is C14H17F2NO3S. The number of alkyl halides is 2. The Morgan fingerprint density at radius 3 is 2.29 bits per heavy atom. The minimum Gasteiger partial charge on any atom is -0.394 e. The maximum Gasteiger partial charge on any atom is 0.263 e. The topological polar surface area (TPSA) is 57.6 Å². The van der Waals surface area contributed by atoms with Crippen LogP contribution in [0.3, 0.4) is 0 Å². The van der Waals surface area contributed by atoms with Gasteiger partial charge in [0, 0.05) is 11.6 Å². The molecule has 2 saturated heterocycles. The Kier molecular flexibility index (Phi) is 3.54. The van der Waals surface area contributed by atoms with Crippen molar-refractivity contribution in [2.24, 2.45) is 0 Å². The van der Waals surface area contributed by atoms with Gasteiger partial charge in [0.2, 0.25) is 10.0 Å². The molecule has 4 nitrogen and oxygen atoms in total. The summed E-state index contributed by atoms with van der Waals surface area (Å²) in [6, 6.07) is 4.64. The highest BCUT2D eigenvalue weighted by Gasteiger charge is 2.56. The van der Waals surface area contributed by atoms with Crippen LogP contribution in [0.4, 0.5) is 8.78 Å². The summed E-state index contributed by atoms with van der Waals surface area (Å²) in [7, 11) is -3.76. The summed E-state index contributed by atoms with van der Waals surface area (Å²) in [5.41, 5.74) is -0.902. The Morgan fingerprint density at radius 1 is 1.24 bits per heavy atom. The highest BCUT2D eigenvalue weighted by Crippen LogP contribution is 2.49. The summed E-state index contributed by atoms with van der Waals surface area (Å²) in [5, 5.41) is 9.64. The average molecular weight is 317 g/mol. The van der Waals surface area contributed by atoms with E-state index in [-0.39, 0.29) is 23.1 Å². The van der Waals surface area contributed by atoms with Crippen molar-refractivity contribution in [3.63, 3.8) is 0 Å². The van der Waals surface area contributed by atoms with Crippen molar-refractivity contribution in [2.75, 3.05) is 6.61 Å². The summed E-state index contributed by atoms with van der Waals surface area (Å²) in [6.45, 7) is -0.197. The van der Waals surface area contributed by atoms with Crippen molar-refractivity contribution < 1.29 is 22.3 Å². The molecule has 0 aliphatic carbocycles. The normalized spacial score (nSPS) is 29.4. The van der Waals surface area contributed by atoms with Gasteiger partial charge in [-0.3, -0.25) is 0 Å². The number of benzene rings is 1. The predicted molar refractivity (Wildman–Crippen MR) is 72.5 cm³/mol. The van der Waals surface area contributed by atoms with E-state index in [1.807, 2.05) is 0 Å². The van der Waals surface area contributed by atoms with Gasteiger partial charge in [0.25, 0.3) is 6.43 Å². The summed E-state index contributed by atoms with van der Waals surface area (Å²) in [6.07, 6.45) is 0.183. The third-order valence-corrected chi connectivity index (χ3v) is 6.74. The van der Waals surface area contributed by atoms with E-state index < -0.39 is 22.0 Å². The standard InChI is InChI=1S/C14H17F2NO3S/c15-13(16)10-1-3-12(4-2-10)21(19,20)17-11-5-7-14(17,9-18)8-6-11/h1-4,11,13,18H,5-9H2. The van der Waals surface area contributed by atoms with Crippen LogP contribution in [-0.2, 0) is 10.0 Å². The van der Waals surface area contributed by atoms with E-state index in [4.69, 9.17) is 0 Å². The van der Waals surface area contributed by atoms with E-state index in [2.05, 4.69) is 0 Å². The van der Waals surface area contributed by atoms with Gasteiger partial charge in [0.1, 0.15) is 0 Å². The van der Waals surface area contributed by atoms with Crippen molar-refractivity contribution in [2.45, 2.75) is 48.6 Å². The van der Waals surface area contributed by atoms with E-state index in [1.165, 1.54) is 16.4 Å². The molecule has 0 radical (unpaired) electrons. The molecule has 7 heteroatoms. The second kappa shape index (κ2) is 5.00. The fourth-order valence-electron chi connectivity index (χ4n) is 3.56. The predicted octanol–water partition coefficient (Wildman–Crippen LogP) is 2.30. The van der Waals surface area contributed by atoms with E-state index in [0.29, 0.717) is 12.8 Å². The summed E-state index contributed by atoms with van der Waals surface area (Å²) in [4.78, 5) is 0.0125. The quantitative estimate of drug-likeness (QED) is 0.927. The molecule has 21 heavy (non-hydrogen) atoms. The van der Waals surface area contributed by atoms with Crippen LogP contribution in [0.25, 0.3) is 0 Å². The third kappa shape index (κ3) is 2.18. The van der Waals surface area contributed by atoms with Gasteiger partial charge in [-0.15, -0.1) is 0 Å². The number of aliphatic hydroxyl groups excluding tert-OH is 1. The van der Waals surface area contributed by atoms with Crippen molar-refractivity contribution >= 4 is 10.0 Å². The van der Waals surface area contributed by atoms with Crippen LogP contribution in [-0.4, -0.2) is 36.0 Å². The first kappa shape index (κ1) is 14.9. The van der Waals surface area contributed by atoms with Gasteiger partial charge in [0.05, 0.1) is 17.0 Å². The third-order valence-electron chi connectivity index (χ3n) is 4.67. The molecule has 0 saturated carbocycles. The lowest BCUT2D eigenvalue weighted by Crippen LogP contribution is -2.47. The maximum atomic E-state index is 12.8. The van der Waals surface area contributed by atoms with Crippen molar-refractivity contribution in [1.29, 1.82) is 0 Å². The van der Waals surface area contributed by atoms with Crippen LogP contribution >= 0.6 is 0 Å². The van der Waals surface area contributed by atoms with Gasteiger partial charge < -0.3 is 5.11 Å². The number of halogens is 2. The molecule has 2 aliphatic rings. The Morgan fingerprint density at radius 2 is 1.81 bits per heavy atom. The first-order chi connectivity index (χ1) is 9.90. The summed E-state index contributed by atoms with van der Waals surface area (Å²) >= 11 is 0. The number of nitrogens with zero attached hydrogens (tertiary/aromatic N) is 1. The van der Waals surface area contributed by atoms with E-state index in [0.717, 1.165) is 25.0 Å². The Balaban J connectivity index is 1.97. The molecule has 0 atom stereocenters. The minimum atomic E-state index is -3.76. The number of sulfonamides is 1. The molecule has 0 unspecified atom stereocenters. The number of hydrogen-bond acceptors (Lipinski definition) is 3. The zero-order valence-corrected chi connectivity index (χ0v) is 12.2. The molecule has 2 bridgehead atoms. The molecule has 0 aromatic heterocycles. The lowest BCUT2D eigenvalue weighted by atomic mass is 9.89. The first-order valence-corrected chi connectivity index (χ1v) is 8.38. The van der Waals surface area contributed by atoms with E-state index in [1.54, 1.807) is 0 Å². The summed E-state index contributed by atoms with van der Waals surface area (Å²) < 4.78 is 52.1. The molecule has 0 amide bonds. The fourth-order valence-corrected chi connectivity index (χ4v) is 5.62. The first-order valence-electron chi connectivity index (χ1n) is 6.94. The zero-order chi connectivity index (χ0) is 15.3. The maximum absolute atomic E-state index is 12.8. The van der Waals surface area contributed by atoms with Gasteiger partial charge in [-0.25, -0.2) is 17.2 Å². The molecule has 116 valence electrons. The number of rotatable bonds is 4. The molecule has 1 aromatic carbocycles. The Labute approximate surface area is 122 Å². The molecule has 2 aliphatic heterocycles. The fraction of sp³-hybridized carbons (Fsp3) is 0.571. The van der Waals surface area contributed by atoms with Crippen LogP contribution in [0.1, 0.15) is 37.7 Å². The second-order valence-electron chi connectivity index (χ2n) is 5.78. The molecule has 3 rings (SSSR count). The van der Waals surface area contributed by atoms with Crippen LogP contribution in [0.5, 0.6) is 0 Å². The van der Waals surface area contributed by atoms with Crippen molar-refractivity contribution in [3.8, 4) is 0 Å². The number of hydrogen-bond donors (Lipinski definition) is 1. The molecule has 2 heterocycles. The van der Waals surface area contributed by atoms with Crippen LogP contribution in [0, 0.1) is 0 Å². The molecule has 1 aromatic rings. The van der Waals surface area contributed by atoms with Gasteiger partial charge in [-0.2, -0.15) is 4.31 Å².